The lowest BCUT2D eigenvalue weighted by atomic mass is 10.0. The summed E-state index contributed by atoms with van der Waals surface area (Å²) in [5.74, 6) is 0.269. The molecule has 6 heteroatoms. The molecule has 0 aromatic heterocycles. The molecule has 0 bridgehead atoms. The highest BCUT2D eigenvalue weighted by molar-refractivity contribution is 7.89. The maximum atomic E-state index is 12.4. The Labute approximate surface area is 127 Å². The summed E-state index contributed by atoms with van der Waals surface area (Å²) in [6.45, 7) is 3.89. The van der Waals surface area contributed by atoms with Gasteiger partial charge in [-0.05, 0) is 37.6 Å². The number of hydrogen-bond donors (Lipinski definition) is 2. The van der Waals surface area contributed by atoms with Crippen LogP contribution in [0.4, 0.5) is 0 Å². The first-order valence-electron chi connectivity index (χ1n) is 7.41. The van der Waals surface area contributed by atoms with Crippen molar-refractivity contribution in [1.29, 1.82) is 0 Å². The third-order valence-corrected chi connectivity index (χ3v) is 5.30. The molecule has 1 aromatic carbocycles. The van der Waals surface area contributed by atoms with Crippen LogP contribution in [0.3, 0.4) is 0 Å². The molecule has 0 spiro atoms. The molecule has 0 saturated carbocycles. The minimum absolute atomic E-state index is 0.170. The summed E-state index contributed by atoms with van der Waals surface area (Å²) in [6, 6.07) is 7.02. The predicted octanol–water partition coefficient (Wildman–Crippen LogP) is 1.50. The van der Waals surface area contributed by atoms with E-state index in [-0.39, 0.29) is 12.0 Å². The zero-order chi connectivity index (χ0) is 15.3. The Morgan fingerprint density at radius 1 is 1.38 bits per heavy atom. The van der Waals surface area contributed by atoms with Crippen molar-refractivity contribution in [2.75, 3.05) is 20.2 Å². The Morgan fingerprint density at radius 2 is 2.19 bits per heavy atom. The molecule has 1 saturated heterocycles. The first-order valence-corrected chi connectivity index (χ1v) is 8.90. The Balaban J connectivity index is 2.02. The molecule has 2 unspecified atom stereocenters. The number of benzene rings is 1. The van der Waals surface area contributed by atoms with Gasteiger partial charge in [0.05, 0.1) is 11.0 Å². The van der Waals surface area contributed by atoms with Crippen LogP contribution in [0.5, 0.6) is 0 Å². The normalized spacial score (nSPS) is 22.6. The topological polar surface area (TPSA) is 67.4 Å². The van der Waals surface area contributed by atoms with E-state index in [1.54, 1.807) is 18.2 Å². The molecule has 0 aliphatic carbocycles. The molecule has 1 heterocycles. The summed E-state index contributed by atoms with van der Waals surface area (Å²) in [5.41, 5.74) is 0.955. The van der Waals surface area contributed by atoms with Crippen LogP contribution in [0, 0.1) is 5.92 Å². The Kier molecular flexibility index (Phi) is 5.75. The van der Waals surface area contributed by atoms with Gasteiger partial charge >= 0.3 is 0 Å². The number of hydrogen-bond acceptors (Lipinski definition) is 4. The van der Waals surface area contributed by atoms with Gasteiger partial charge in [0.15, 0.2) is 0 Å². The molecule has 21 heavy (non-hydrogen) atoms. The number of ether oxygens (including phenoxy) is 1. The fraction of sp³-hybridized carbons (Fsp3) is 0.600. The molecule has 2 rings (SSSR count). The molecular formula is C15H24N2O3S. The number of nitrogens with one attached hydrogen (secondary N) is 2. The lowest BCUT2D eigenvalue weighted by molar-refractivity contribution is 0.0884. The van der Waals surface area contributed by atoms with Crippen molar-refractivity contribution in [2.24, 2.45) is 5.92 Å². The first-order chi connectivity index (χ1) is 10.1. The van der Waals surface area contributed by atoms with Crippen LogP contribution in [-0.4, -0.2) is 34.7 Å². The van der Waals surface area contributed by atoms with Crippen LogP contribution >= 0.6 is 0 Å². The van der Waals surface area contributed by atoms with Crippen molar-refractivity contribution in [3.63, 3.8) is 0 Å². The maximum Gasteiger partial charge on any atom is 0.240 e. The van der Waals surface area contributed by atoms with Crippen molar-refractivity contribution in [3.8, 4) is 0 Å². The van der Waals surface area contributed by atoms with Crippen molar-refractivity contribution in [1.82, 2.24) is 10.0 Å². The van der Waals surface area contributed by atoms with Gasteiger partial charge in [-0.25, -0.2) is 13.1 Å². The zero-order valence-electron chi connectivity index (χ0n) is 12.6. The molecule has 1 aromatic rings. The van der Waals surface area contributed by atoms with Gasteiger partial charge in [-0.3, -0.25) is 0 Å². The third-order valence-electron chi connectivity index (χ3n) is 3.87. The van der Waals surface area contributed by atoms with E-state index in [4.69, 9.17) is 4.74 Å². The molecule has 5 nitrogen and oxygen atoms in total. The van der Waals surface area contributed by atoms with Gasteiger partial charge in [0.2, 0.25) is 10.0 Å². The average molecular weight is 312 g/mol. The van der Waals surface area contributed by atoms with Crippen LogP contribution in [0.2, 0.25) is 0 Å². The third kappa shape index (κ3) is 4.26. The van der Waals surface area contributed by atoms with E-state index in [0.717, 1.165) is 25.0 Å². The minimum atomic E-state index is -3.45. The summed E-state index contributed by atoms with van der Waals surface area (Å²) < 4.78 is 33.1. The van der Waals surface area contributed by atoms with Gasteiger partial charge in [0.25, 0.3) is 0 Å². The van der Waals surface area contributed by atoms with E-state index in [2.05, 4.69) is 17.0 Å². The SMILES string of the molecule is CCC1OCCC1CNS(=O)(=O)c1cccc(CNC)c1. The highest BCUT2D eigenvalue weighted by atomic mass is 32.2. The molecular weight excluding hydrogens is 288 g/mol. The van der Waals surface area contributed by atoms with Crippen molar-refractivity contribution < 1.29 is 13.2 Å². The summed E-state index contributed by atoms with van der Waals surface area (Å²) in [5, 5.41) is 3.02. The molecule has 2 atom stereocenters. The average Bonchev–Trinajstić information content (AvgIpc) is 2.93. The van der Waals surface area contributed by atoms with Crippen molar-refractivity contribution in [3.05, 3.63) is 29.8 Å². The lowest BCUT2D eigenvalue weighted by Gasteiger charge is -2.17. The number of rotatable bonds is 7. The second-order valence-corrected chi connectivity index (χ2v) is 7.16. The quantitative estimate of drug-likeness (QED) is 0.801. The van der Waals surface area contributed by atoms with Crippen LogP contribution in [0.15, 0.2) is 29.2 Å². The smallest absolute Gasteiger partial charge is 0.240 e. The monoisotopic (exact) mass is 312 g/mol. The molecule has 2 N–H and O–H groups in total. The Hall–Kier alpha value is -0.950. The zero-order valence-corrected chi connectivity index (χ0v) is 13.4. The summed E-state index contributed by atoms with van der Waals surface area (Å²) in [7, 11) is -1.62. The number of sulfonamides is 1. The highest BCUT2D eigenvalue weighted by Crippen LogP contribution is 2.23. The minimum Gasteiger partial charge on any atom is -0.378 e. The van der Waals surface area contributed by atoms with Gasteiger partial charge in [0.1, 0.15) is 0 Å². The molecule has 0 radical (unpaired) electrons. The van der Waals surface area contributed by atoms with Crippen molar-refractivity contribution in [2.45, 2.75) is 37.3 Å². The van der Waals surface area contributed by atoms with Gasteiger partial charge in [0, 0.05) is 25.6 Å². The second-order valence-electron chi connectivity index (χ2n) is 5.40. The predicted molar refractivity (Wildman–Crippen MR) is 82.5 cm³/mol. The fourth-order valence-corrected chi connectivity index (χ4v) is 3.87. The summed E-state index contributed by atoms with van der Waals surface area (Å²) in [4.78, 5) is 0.321. The summed E-state index contributed by atoms with van der Waals surface area (Å²) in [6.07, 6.45) is 2.01. The Morgan fingerprint density at radius 3 is 2.90 bits per heavy atom. The molecule has 118 valence electrons. The van der Waals surface area contributed by atoms with Crippen LogP contribution in [0.1, 0.15) is 25.3 Å². The molecule has 0 amide bonds. The Bertz CT molecular complexity index is 560. The van der Waals surface area contributed by atoms with E-state index < -0.39 is 10.0 Å². The van der Waals surface area contributed by atoms with E-state index in [1.165, 1.54) is 0 Å². The van der Waals surface area contributed by atoms with E-state index in [9.17, 15) is 8.42 Å². The van der Waals surface area contributed by atoms with E-state index in [1.807, 2.05) is 13.1 Å². The van der Waals surface area contributed by atoms with Gasteiger partial charge < -0.3 is 10.1 Å². The van der Waals surface area contributed by atoms with Gasteiger partial charge in [-0.2, -0.15) is 0 Å². The standard InChI is InChI=1S/C15H24N2O3S/c1-3-15-13(7-8-20-15)11-17-21(18,19)14-6-4-5-12(9-14)10-16-2/h4-6,9,13,15-17H,3,7-8,10-11H2,1-2H3. The summed E-state index contributed by atoms with van der Waals surface area (Å²) >= 11 is 0. The largest absolute Gasteiger partial charge is 0.378 e. The van der Waals surface area contributed by atoms with Crippen molar-refractivity contribution >= 4 is 10.0 Å². The second kappa shape index (κ2) is 7.35. The van der Waals surface area contributed by atoms with Crippen LogP contribution < -0.4 is 10.0 Å². The van der Waals surface area contributed by atoms with Crippen LogP contribution in [-0.2, 0) is 21.3 Å². The molecule has 1 aliphatic rings. The highest BCUT2D eigenvalue weighted by Gasteiger charge is 2.28. The van der Waals surface area contributed by atoms with Gasteiger partial charge in [-0.15, -0.1) is 0 Å². The molecule has 1 fully saturated rings. The van der Waals surface area contributed by atoms with E-state index in [0.29, 0.717) is 18.0 Å². The van der Waals surface area contributed by atoms with Crippen LogP contribution in [0.25, 0.3) is 0 Å². The fourth-order valence-electron chi connectivity index (χ4n) is 2.70. The lowest BCUT2D eigenvalue weighted by Crippen LogP contribution is -2.32. The maximum absolute atomic E-state index is 12.4. The molecule has 1 aliphatic heterocycles. The first kappa shape index (κ1) is 16.4. The van der Waals surface area contributed by atoms with E-state index >= 15 is 0 Å². The van der Waals surface area contributed by atoms with Gasteiger partial charge in [-0.1, -0.05) is 19.1 Å².